The number of thioether (sulfide) groups is 2. The zero-order chi connectivity index (χ0) is 11.2. The summed E-state index contributed by atoms with van der Waals surface area (Å²) in [4.78, 5) is 11.5. The molecule has 0 bridgehead atoms. The molecule has 0 radical (unpaired) electrons. The lowest BCUT2D eigenvalue weighted by Crippen LogP contribution is -2.39. The number of amides is 1. The molecule has 2 aliphatic rings. The fourth-order valence-corrected chi connectivity index (χ4v) is 4.27. The molecule has 1 saturated heterocycles. The number of hydrogen-bond donors (Lipinski definition) is 2. The van der Waals surface area contributed by atoms with Crippen molar-refractivity contribution >= 4 is 41.8 Å². The maximum absolute atomic E-state index is 11.5. The van der Waals surface area contributed by atoms with Crippen molar-refractivity contribution in [2.45, 2.75) is 18.1 Å². The maximum atomic E-state index is 11.5. The summed E-state index contributed by atoms with van der Waals surface area (Å²) in [6.45, 7) is 2.34. The number of rotatable bonds is 6. The van der Waals surface area contributed by atoms with E-state index in [-0.39, 0.29) is 18.3 Å². The second-order valence-corrected chi connectivity index (χ2v) is 7.00. The number of nitrogens with one attached hydrogen (secondary N) is 2. The third kappa shape index (κ3) is 6.79. The minimum absolute atomic E-state index is 0. The molecule has 100 valence electrons. The smallest absolute Gasteiger partial charge is 0.233 e. The summed E-state index contributed by atoms with van der Waals surface area (Å²) < 4.78 is 0. The predicted molar refractivity (Wildman–Crippen MR) is 79.4 cm³/mol. The zero-order valence-corrected chi connectivity index (χ0v) is 12.4. The van der Waals surface area contributed by atoms with Crippen LogP contribution >= 0.6 is 35.9 Å². The minimum atomic E-state index is 0. The van der Waals surface area contributed by atoms with Crippen LogP contribution in [0.3, 0.4) is 0 Å². The topological polar surface area (TPSA) is 41.1 Å². The Morgan fingerprint density at radius 2 is 2.06 bits per heavy atom. The van der Waals surface area contributed by atoms with E-state index in [4.69, 9.17) is 0 Å². The Hall–Kier alpha value is 0.420. The van der Waals surface area contributed by atoms with E-state index in [2.05, 4.69) is 10.6 Å². The molecule has 0 spiro atoms. The van der Waals surface area contributed by atoms with Crippen LogP contribution in [0.5, 0.6) is 0 Å². The van der Waals surface area contributed by atoms with Crippen LogP contribution in [0.1, 0.15) is 12.8 Å². The van der Waals surface area contributed by atoms with Gasteiger partial charge in [0.25, 0.3) is 0 Å². The van der Waals surface area contributed by atoms with E-state index in [1.165, 1.54) is 30.1 Å². The summed E-state index contributed by atoms with van der Waals surface area (Å²) in [5.41, 5.74) is 0. The van der Waals surface area contributed by atoms with Gasteiger partial charge in [0, 0.05) is 29.1 Å². The van der Waals surface area contributed by atoms with Crippen molar-refractivity contribution in [3.63, 3.8) is 0 Å². The monoisotopic (exact) mass is 296 g/mol. The average molecular weight is 297 g/mol. The van der Waals surface area contributed by atoms with Gasteiger partial charge in [-0.05, 0) is 25.3 Å². The van der Waals surface area contributed by atoms with E-state index in [1.54, 1.807) is 0 Å². The first kappa shape index (κ1) is 15.5. The number of carbonyl (C=O) groups excluding carboxylic acids is 1. The molecule has 1 unspecified atom stereocenters. The number of halogens is 1. The van der Waals surface area contributed by atoms with Gasteiger partial charge in [0.2, 0.25) is 5.91 Å². The van der Waals surface area contributed by atoms with Gasteiger partial charge in [-0.2, -0.15) is 23.5 Å². The van der Waals surface area contributed by atoms with Gasteiger partial charge in [0.15, 0.2) is 0 Å². The molecule has 1 saturated carbocycles. The first-order valence-corrected chi connectivity index (χ1v) is 8.21. The van der Waals surface area contributed by atoms with E-state index in [9.17, 15) is 4.79 Å². The molecule has 2 N–H and O–H groups in total. The van der Waals surface area contributed by atoms with Crippen molar-refractivity contribution in [3.8, 4) is 0 Å². The van der Waals surface area contributed by atoms with Crippen LogP contribution in [0, 0.1) is 5.92 Å². The summed E-state index contributed by atoms with van der Waals surface area (Å²) >= 11 is 3.98. The zero-order valence-electron chi connectivity index (χ0n) is 9.94. The highest BCUT2D eigenvalue weighted by Gasteiger charge is 2.20. The van der Waals surface area contributed by atoms with Gasteiger partial charge in [-0.3, -0.25) is 4.79 Å². The fourth-order valence-electron chi connectivity index (χ4n) is 1.66. The molecule has 0 aromatic rings. The number of hydrogen-bond acceptors (Lipinski definition) is 4. The third-order valence-corrected chi connectivity index (χ3v) is 5.67. The first-order valence-electron chi connectivity index (χ1n) is 6.01. The van der Waals surface area contributed by atoms with E-state index in [0.29, 0.717) is 11.8 Å². The van der Waals surface area contributed by atoms with Crippen LogP contribution in [0.2, 0.25) is 0 Å². The maximum Gasteiger partial charge on any atom is 0.233 e. The van der Waals surface area contributed by atoms with Crippen molar-refractivity contribution < 1.29 is 4.79 Å². The fraction of sp³-hybridized carbons (Fsp3) is 0.909. The highest BCUT2D eigenvalue weighted by atomic mass is 35.5. The Morgan fingerprint density at radius 1 is 1.24 bits per heavy atom. The summed E-state index contributed by atoms with van der Waals surface area (Å²) in [5.74, 6) is 4.67. The van der Waals surface area contributed by atoms with Gasteiger partial charge < -0.3 is 10.6 Å². The molecule has 0 aromatic heterocycles. The van der Waals surface area contributed by atoms with Gasteiger partial charge in [-0.25, -0.2) is 0 Å². The molecule has 1 amide bonds. The van der Waals surface area contributed by atoms with Crippen molar-refractivity contribution in [2.75, 3.05) is 36.9 Å². The average Bonchev–Trinajstić information content (AvgIpc) is 3.12. The minimum Gasteiger partial charge on any atom is -0.354 e. The van der Waals surface area contributed by atoms with E-state index in [1.807, 2.05) is 23.5 Å². The third-order valence-electron chi connectivity index (χ3n) is 2.83. The summed E-state index contributed by atoms with van der Waals surface area (Å²) in [5, 5.41) is 6.84. The lowest BCUT2D eigenvalue weighted by molar-refractivity contribution is -0.120. The van der Waals surface area contributed by atoms with E-state index >= 15 is 0 Å². The Balaban J connectivity index is 0.00000144. The van der Waals surface area contributed by atoms with Crippen molar-refractivity contribution in [3.05, 3.63) is 0 Å². The van der Waals surface area contributed by atoms with Gasteiger partial charge in [0.1, 0.15) is 0 Å². The van der Waals surface area contributed by atoms with Crippen molar-refractivity contribution in [1.82, 2.24) is 10.6 Å². The van der Waals surface area contributed by atoms with Gasteiger partial charge in [-0.15, -0.1) is 12.4 Å². The summed E-state index contributed by atoms with van der Waals surface area (Å²) in [6.07, 6.45) is 2.68. The Labute approximate surface area is 118 Å². The lowest BCUT2D eigenvalue weighted by atomic mass is 10.4. The van der Waals surface area contributed by atoms with Gasteiger partial charge in [-0.1, -0.05) is 0 Å². The van der Waals surface area contributed by atoms with Crippen molar-refractivity contribution in [2.24, 2.45) is 5.92 Å². The molecule has 6 heteroatoms. The predicted octanol–water partition coefficient (Wildman–Crippen LogP) is 1.37. The molecule has 1 aliphatic heterocycles. The van der Waals surface area contributed by atoms with Crippen LogP contribution < -0.4 is 10.6 Å². The lowest BCUT2D eigenvalue weighted by Gasteiger charge is -2.21. The second kappa shape index (κ2) is 8.51. The summed E-state index contributed by atoms with van der Waals surface area (Å²) in [7, 11) is 0. The highest BCUT2D eigenvalue weighted by Crippen LogP contribution is 2.27. The molecular formula is C11H21ClN2OS2. The molecular weight excluding hydrogens is 276 g/mol. The van der Waals surface area contributed by atoms with Gasteiger partial charge >= 0.3 is 0 Å². The SMILES string of the molecule is Cl.O=C(CNCC1CC1)NCC1CSCCS1. The molecule has 17 heavy (non-hydrogen) atoms. The van der Waals surface area contributed by atoms with Crippen LogP contribution in [0.25, 0.3) is 0 Å². The molecule has 0 aromatic carbocycles. The molecule has 2 fully saturated rings. The molecule has 1 heterocycles. The van der Waals surface area contributed by atoms with E-state index in [0.717, 1.165) is 19.0 Å². The first-order chi connectivity index (χ1) is 7.84. The standard InChI is InChI=1S/C11H20N2OS2.ClH/c14-11(7-12-5-9-1-2-9)13-6-10-8-15-3-4-16-10;/h9-10,12H,1-8H2,(H,13,14);1H. The molecule has 3 nitrogen and oxygen atoms in total. The molecule has 1 atom stereocenters. The van der Waals surface area contributed by atoms with Crippen LogP contribution in [0.4, 0.5) is 0 Å². The van der Waals surface area contributed by atoms with E-state index < -0.39 is 0 Å². The number of carbonyl (C=O) groups is 1. The van der Waals surface area contributed by atoms with Crippen LogP contribution in [-0.4, -0.2) is 48.0 Å². The molecule has 2 rings (SSSR count). The van der Waals surface area contributed by atoms with Gasteiger partial charge in [0.05, 0.1) is 6.54 Å². The normalized spacial score (nSPS) is 23.9. The van der Waals surface area contributed by atoms with Crippen LogP contribution in [-0.2, 0) is 4.79 Å². The Kier molecular flexibility index (Phi) is 7.75. The Bertz CT molecular complexity index is 234. The quantitative estimate of drug-likeness (QED) is 0.777. The van der Waals surface area contributed by atoms with Crippen LogP contribution in [0.15, 0.2) is 0 Å². The largest absolute Gasteiger partial charge is 0.354 e. The van der Waals surface area contributed by atoms with Crippen molar-refractivity contribution in [1.29, 1.82) is 0 Å². The molecule has 1 aliphatic carbocycles. The summed E-state index contributed by atoms with van der Waals surface area (Å²) in [6, 6.07) is 0. The second-order valence-electron chi connectivity index (χ2n) is 4.45. The Morgan fingerprint density at radius 3 is 2.71 bits per heavy atom. The highest BCUT2D eigenvalue weighted by molar-refractivity contribution is 8.06.